The molecule has 24 heavy (non-hydrogen) atoms. The Morgan fingerprint density at radius 3 is 2.62 bits per heavy atom. The summed E-state index contributed by atoms with van der Waals surface area (Å²) in [4.78, 5) is 14.3. The molecule has 3 fully saturated rings. The number of carbonyl (C=O) groups excluding carboxylic acids is 1. The summed E-state index contributed by atoms with van der Waals surface area (Å²) in [5.41, 5.74) is 1.03. The van der Waals surface area contributed by atoms with E-state index >= 15 is 0 Å². The molecule has 0 saturated carbocycles. The van der Waals surface area contributed by atoms with E-state index in [4.69, 9.17) is 4.74 Å². The molecular formula is C17H24N2O4S. The van der Waals surface area contributed by atoms with Crippen molar-refractivity contribution in [2.24, 2.45) is 5.92 Å². The highest BCUT2D eigenvalue weighted by atomic mass is 32.2. The maximum atomic E-state index is 12.5. The first-order valence-electron chi connectivity index (χ1n) is 8.30. The van der Waals surface area contributed by atoms with E-state index in [9.17, 15) is 13.2 Å². The maximum absolute atomic E-state index is 12.5. The number of hydrogen-bond donors (Lipinski definition) is 0. The fourth-order valence-electron chi connectivity index (χ4n) is 3.53. The zero-order valence-electron chi connectivity index (χ0n) is 13.9. The highest BCUT2D eigenvalue weighted by molar-refractivity contribution is 7.88. The molecule has 3 aliphatic heterocycles. The third-order valence-corrected chi connectivity index (χ3v) is 6.04. The molecule has 2 bridgehead atoms. The van der Waals surface area contributed by atoms with Gasteiger partial charge >= 0.3 is 0 Å². The van der Waals surface area contributed by atoms with E-state index in [2.05, 4.69) is 0 Å². The lowest BCUT2D eigenvalue weighted by atomic mass is 9.95. The third-order valence-electron chi connectivity index (χ3n) is 4.81. The van der Waals surface area contributed by atoms with Crippen molar-refractivity contribution in [3.63, 3.8) is 0 Å². The van der Waals surface area contributed by atoms with Gasteiger partial charge in [-0.25, -0.2) is 8.42 Å². The van der Waals surface area contributed by atoms with Crippen LogP contribution in [0.1, 0.15) is 18.4 Å². The predicted octanol–water partition coefficient (Wildman–Crippen LogP) is 1.09. The van der Waals surface area contributed by atoms with E-state index in [0.717, 1.165) is 18.4 Å². The number of sulfonamides is 1. The molecule has 0 spiro atoms. The summed E-state index contributed by atoms with van der Waals surface area (Å²) in [5, 5.41) is 0. The molecule has 7 heteroatoms. The van der Waals surface area contributed by atoms with Gasteiger partial charge in [0.05, 0.1) is 12.9 Å². The Bertz CT molecular complexity index is 677. The average molecular weight is 352 g/mol. The van der Waals surface area contributed by atoms with Gasteiger partial charge in [-0.2, -0.15) is 4.31 Å². The molecule has 3 saturated heterocycles. The average Bonchev–Trinajstić information content (AvgIpc) is 2.88. The van der Waals surface area contributed by atoms with Gasteiger partial charge in [-0.05, 0) is 24.3 Å². The smallest absolute Gasteiger partial charge is 0.248 e. The van der Waals surface area contributed by atoms with Crippen molar-refractivity contribution in [2.45, 2.75) is 25.5 Å². The van der Waals surface area contributed by atoms with Crippen molar-refractivity contribution in [3.8, 4) is 0 Å². The first-order chi connectivity index (χ1) is 11.4. The summed E-state index contributed by atoms with van der Waals surface area (Å²) in [5.74, 6) is 0.174. The molecule has 1 aromatic rings. The summed E-state index contributed by atoms with van der Waals surface area (Å²) < 4.78 is 30.8. The van der Waals surface area contributed by atoms with Crippen LogP contribution in [-0.2, 0) is 26.2 Å². The molecule has 0 aromatic heterocycles. The van der Waals surface area contributed by atoms with E-state index in [1.807, 2.05) is 35.2 Å². The Kier molecular flexibility index (Phi) is 5.22. The molecule has 3 heterocycles. The Hall–Kier alpha value is -1.44. The molecule has 0 N–H and O–H groups in total. The van der Waals surface area contributed by atoms with Crippen LogP contribution in [0.15, 0.2) is 30.3 Å². The standard InChI is InChI=1S/C17H24N2O4S/c1-24(21,22)18-9-15-7-8-16(11-18)19(10-15)17(20)13-23-12-14-5-3-2-4-6-14/h2-6,15-16H,7-13H2,1H3/t15-,16+/m1/s1. The van der Waals surface area contributed by atoms with Crippen LogP contribution in [0.5, 0.6) is 0 Å². The van der Waals surface area contributed by atoms with Crippen molar-refractivity contribution < 1.29 is 17.9 Å². The van der Waals surface area contributed by atoms with E-state index < -0.39 is 10.0 Å². The van der Waals surface area contributed by atoms with Crippen LogP contribution in [0, 0.1) is 5.92 Å². The summed E-state index contributed by atoms with van der Waals surface area (Å²) >= 11 is 0. The summed E-state index contributed by atoms with van der Waals surface area (Å²) in [6.07, 6.45) is 3.08. The van der Waals surface area contributed by atoms with E-state index in [0.29, 0.717) is 26.2 Å². The van der Waals surface area contributed by atoms with Gasteiger partial charge in [-0.1, -0.05) is 30.3 Å². The number of benzene rings is 1. The van der Waals surface area contributed by atoms with Crippen molar-refractivity contribution in [1.29, 1.82) is 0 Å². The minimum absolute atomic E-state index is 0.0358. The van der Waals surface area contributed by atoms with Crippen molar-refractivity contribution in [1.82, 2.24) is 9.21 Å². The van der Waals surface area contributed by atoms with E-state index in [1.54, 1.807) is 0 Å². The molecule has 0 aliphatic carbocycles. The fraction of sp³-hybridized carbons (Fsp3) is 0.588. The molecule has 132 valence electrons. The lowest BCUT2D eigenvalue weighted by Crippen LogP contribution is -2.48. The number of ether oxygens (including phenoxy) is 1. The maximum Gasteiger partial charge on any atom is 0.248 e. The van der Waals surface area contributed by atoms with Crippen molar-refractivity contribution in [2.75, 3.05) is 32.5 Å². The Balaban J connectivity index is 1.57. The molecule has 6 nitrogen and oxygen atoms in total. The minimum atomic E-state index is -3.21. The number of hydrogen-bond acceptors (Lipinski definition) is 4. The zero-order valence-corrected chi connectivity index (χ0v) is 14.7. The number of amides is 1. The zero-order chi connectivity index (χ0) is 17.2. The molecule has 1 aromatic carbocycles. The fourth-order valence-corrected chi connectivity index (χ4v) is 4.45. The molecule has 3 aliphatic rings. The lowest BCUT2D eigenvalue weighted by Gasteiger charge is -2.36. The third kappa shape index (κ3) is 4.15. The van der Waals surface area contributed by atoms with Gasteiger partial charge in [-0.15, -0.1) is 0 Å². The Morgan fingerprint density at radius 2 is 1.92 bits per heavy atom. The first kappa shape index (κ1) is 17.4. The van der Waals surface area contributed by atoms with E-state index in [-0.39, 0.29) is 24.5 Å². The Morgan fingerprint density at radius 1 is 1.17 bits per heavy atom. The normalized spacial score (nSPS) is 24.8. The number of nitrogens with zero attached hydrogens (tertiary/aromatic N) is 2. The molecule has 2 atom stereocenters. The molecular weight excluding hydrogens is 328 g/mol. The minimum Gasteiger partial charge on any atom is -0.367 e. The summed E-state index contributed by atoms with van der Waals surface area (Å²) in [6, 6.07) is 9.70. The predicted molar refractivity (Wildman–Crippen MR) is 90.7 cm³/mol. The highest BCUT2D eigenvalue weighted by Crippen LogP contribution is 2.29. The van der Waals surface area contributed by atoms with Gasteiger partial charge in [0.15, 0.2) is 0 Å². The Labute approximate surface area is 143 Å². The molecule has 0 radical (unpaired) electrons. The second-order valence-electron chi connectivity index (χ2n) is 6.70. The van der Waals surface area contributed by atoms with Gasteiger partial charge in [0.25, 0.3) is 0 Å². The van der Waals surface area contributed by atoms with Crippen LogP contribution in [0.2, 0.25) is 0 Å². The largest absolute Gasteiger partial charge is 0.367 e. The summed E-state index contributed by atoms with van der Waals surface area (Å²) in [6.45, 7) is 1.99. The van der Waals surface area contributed by atoms with Gasteiger partial charge in [0.1, 0.15) is 6.61 Å². The van der Waals surface area contributed by atoms with Crippen LogP contribution in [0.25, 0.3) is 0 Å². The summed E-state index contributed by atoms with van der Waals surface area (Å²) in [7, 11) is -3.21. The van der Waals surface area contributed by atoms with Gasteiger partial charge in [-0.3, -0.25) is 4.79 Å². The second-order valence-corrected chi connectivity index (χ2v) is 8.68. The molecule has 4 rings (SSSR count). The van der Waals surface area contributed by atoms with Crippen molar-refractivity contribution in [3.05, 3.63) is 35.9 Å². The van der Waals surface area contributed by atoms with Gasteiger partial charge in [0, 0.05) is 25.7 Å². The van der Waals surface area contributed by atoms with Crippen LogP contribution < -0.4 is 0 Å². The number of piperidine rings is 1. The number of fused-ring (bicyclic) bond motifs is 4. The SMILES string of the molecule is CS(=O)(=O)N1C[C@H]2CC[C@@H](C1)N(C(=O)COCc1ccccc1)C2. The number of carbonyl (C=O) groups is 1. The van der Waals surface area contributed by atoms with E-state index in [1.165, 1.54) is 10.6 Å². The molecule has 1 amide bonds. The van der Waals surface area contributed by atoms with Crippen LogP contribution in [0.4, 0.5) is 0 Å². The number of rotatable bonds is 5. The first-order valence-corrected chi connectivity index (χ1v) is 10.1. The van der Waals surface area contributed by atoms with Gasteiger partial charge < -0.3 is 9.64 Å². The second kappa shape index (κ2) is 7.21. The van der Waals surface area contributed by atoms with Crippen molar-refractivity contribution >= 4 is 15.9 Å². The van der Waals surface area contributed by atoms with Crippen LogP contribution in [-0.4, -0.2) is 62.1 Å². The quantitative estimate of drug-likeness (QED) is 0.795. The van der Waals surface area contributed by atoms with Crippen LogP contribution in [0.3, 0.4) is 0 Å². The molecule has 0 unspecified atom stereocenters. The topological polar surface area (TPSA) is 66.9 Å². The lowest BCUT2D eigenvalue weighted by molar-refractivity contribution is -0.140. The van der Waals surface area contributed by atoms with Crippen LogP contribution >= 0.6 is 0 Å². The highest BCUT2D eigenvalue weighted by Gasteiger charge is 2.39. The van der Waals surface area contributed by atoms with Gasteiger partial charge in [0.2, 0.25) is 15.9 Å². The monoisotopic (exact) mass is 352 g/mol.